The van der Waals surface area contributed by atoms with E-state index in [4.69, 9.17) is 0 Å². The van der Waals surface area contributed by atoms with Crippen LogP contribution in [0.4, 0.5) is 11.4 Å². The van der Waals surface area contributed by atoms with Gasteiger partial charge in [-0.2, -0.15) is 0 Å². The summed E-state index contributed by atoms with van der Waals surface area (Å²) in [6.07, 6.45) is 1.09. The largest absolute Gasteiger partial charge is 0.366 e. The fraction of sp³-hybridized carbons (Fsp3) is 0.250. The van der Waals surface area contributed by atoms with E-state index in [1.807, 2.05) is 0 Å². The molecule has 1 N–H and O–H groups in total. The first kappa shape index (κ1) is 11.1. The zero-order valence-electron chi connectivity index (χ0n) is 10.7. The molecule has 1 aliphatic rings. The molecule has 18 heavy (non-hydrogen) atoms. The van der Waals surface area contributed by atoms with Crippen LogP contribution in [0.15, 0.2) is 48.5 Å². The van der Waals surface area contributed by atoms with Gasteiger partial charge in [0.2, 0.25) is 0 Å². The minimum absolute atomic E-state index is 0.922. The highest BCUT2D eigenvalue weighted by atomic mass is 15.3. The molecule has 0 radical (unpaired) electrons. The predicted molar refractivity (Wildman–Crippen MR) is 77.2 cm³/mol. The van der Waals surface area contributed by atoms with Crippen molar-refractivity contribution in [3.8, 4) is 0 Å². The van der Waals surface area contributed by atoms with E-state index < -0.39 is 0 Å². The van der Waals surface area contributed by atoms with Gasteiger partial charge in [-0.3, -0.25) is 0 Å². The van der Waals surface area contributed by atoms with E-state index in [1.165, 1.54) is 22.5 Å². The number of aryl methyl sites for hydroxylation is 1. The molecule has 1 heterocycles. The van der Waals surface area contributed by atoms with Crippen LogP contribution in [0.25, 0.3) is 0 Å². The monoisotopic (exact) mass is 238 g/mol. The summed E-state index contributed by atoms with van der Waals surface area (Å²) < 4.78 is 0. The Kier molecular flexibility index (Phi) is 2.93. The molecule has 0 unspecified atom stereocenters. The van der Waals surface area contributed by atoms with Crippen molar-refractivity contribution < 1.29 is 0 Å². The van der Waals surface area contributed by atoms with E-state index in [0.717, 1.165) is 19.6 Å². The van der Waals surface area contributed by atoms with Crippen LogP contribution < -0.4 is 10.2 Å². The summed E-state index contributed by atoms with van der Waals surface area (Å²) in [6.45, 7) is 4.12. The van der Waals surface area contributed by atoms with E-state index >= 15 is 0 Å². The van der Waals surface area contributed by atoms with Gasteiger partial charge in [-0.15, -0.1) is 0 Å². The Balaban J connectivity index is 1.70. The lowest BCUT2D eigenvalue weighted by Gasteiger charge is -2.17. The van der Waals surface area contributed by atoms with Gasteiger partial charge in [-0.25, -0.2) is 0 Å². The fourth-order valence-electron chi connectivity index (χ4n) is 2.44. The first-order valence-corrected chi connectivity index (χ1v) is 6.46. The van der Waals surface area contributed by atoms with E-state index in [-0.39, 0.29) is 0 Å². The molecule has 0 saturated heterocycles. The first-order chi connectivity index (χ1) is 8.83. The maximum Gasteiger partial charge on any atom is 0.0877 e. The molecule has 0 amide bonds. The molecule has 92 valence electrons. The van der Waals surface area contributed by atoms with Crippen LogP contribution >= 0.6 is 0 Å². The minimum atomic E-state index is 0.922. The minimum Gasteiger partial charge on any atom is -0.366 e. The second-order valence-corrected chi connectivity index (χ2v) is 4.85. The van der Waals surface area contributed by atoms with Gasteiger partial charge in [0.1, 0.15) is 0 Å². The molecule has 2 heteroatoms. The van der Waals surface area contributed by atoms with Crippen LogP contribution in [0.5, 0.6) is 0 Å². The van der Waals surface area contributed by atoms with Gasteiger partial charge in [-0.05, 0) is 36.6 Å². The zero-order valence-corrected chi connectivity index (χ0v) is 10.7. The second kappa shape index (κ2) is 4.73. The summed E-state index contributed by atoms with van der Waals surface area (Å²) in [5.74, 6) is 0. The Morgan fingerprint density at radius 2 is 1.94 bits per heavy atom. The fourth-order valence-corrected chi connectivity index (χ4v) is 2.44. The summed E-state index contributed by atoms with van der Waals surface area (Å²) in [5, 5.41) is 3.45. The standard InChI is InChI=1S/C16H18N2/c1-13-7-8-16-15(11-13)17-12-18(16)10-9-14-5-3-2-4-6-14/h2-8,11,17H,9-10,12H2,1H3. The van der Waals surface area contributed by atoms with Gasteiger partial charge >= 0.3 is 0 Å². The molecule has 2 aromatic carbocycles. The molecule has 3 rings (SSSR count). The molecule has 0 fully saturated rings. The number of nitrogens with one attached hydrogen (secondary N) is 1. The van der Waals surface area contributed by atoms with Crippen molar-refractivity contribution in [1.82, 2.24) is 0 Å². The summed E-state index contributed by atoms with van der Waals surface area (Å²) in [7, 11) is 0. The van der Waals surface area contributed by atoms with Gasteiger partial charge in [0.05, 0.1) is 18.0 Å². The highest BCUT2D eigenvalue weighted by molar-refractivity contribution is 5.75. The molecule has 0 aliphatic carbocycles. The summed E-state index contributed by atoms with van der Waals surface area (Å²) in [5.41, 5.74) is 5.31. The lowest BCUT2D eigenvalue weighted by Crippen LogP contribution is -2.25. The Hall–Kier alpha value is -1.96. The lowest BCUT2D eigenvalue weighted by atomic mass is 10.1. The zero-order chi connectivity index (χ0) is 12.4. The molecular formula is C16H18N2. The summed E-state index contributed by atoms with van der Waals surface area (Å²) in [6, 6.07) is 17.3. The SMILES string of the molecule is Cc1ccc2c(c1)NCN2CCc1ccccc1. The average Bonchev–Trinajstić information content (AvgIpc) is 2.80. The van der Waals surface area contributed by atoms with Crippen LogP contribution in [0.2, 0.25) is 0 Å². The smallest absolute Gasteiger partial charge is 0.0877 e. The summed E-state index contributed by atoms with van der Waals surface area (Å²) in [4.78, 5) is 2.40. The van der Waals surface area contributed by atoms with Crippen LogP contribution in [0.3, 0.4) is 0 Å². The predicted octanol–water partition coefficient (Wildman–Crippen LogP) is 3.43. The second-order valence-electron chi connectivity index (χ2n) is 4.85. The number of hydrogen-bond acceptors (Lipinski definition) is 2. The van der Waals surface area contributed by atoms with Crippen LogP contribution in [-0.2, 0) is 6.42 Å². The highest BCUT2D eigenvalue weighted by Crippen LogP contribution is 2.31. The highest BCUT2D eigenvalue weighted by Gasteiger charge is 2.17. The Morgan fingerprint density at radius 1 is 1.11 bits per heavy atom. The van der Waals surface area contributed by atoms with Crippen LogP contribution in [-0.4, -0.2) is 13.2 Å². The third-order valence-corrected chi connectivity index (χ3v) is 3.47. The molecule has 1 aliphatic heterocycles. The maximum atomic E-state index is 3.45. The molecule has 2 nitrogen and oxygen atoms in total. The quantitative estimate of drug-likeness (QED) is 0.881. The normalized spacial score (nSPS) is 13.3. The van der Waals surface area contributed by atoms with Gasteiger partial charge < -0.3 is 10.2 Å². The number of nitrogens with zero attached hydrogens (tertiary/aromatic N) is 1. The van der Waals surface area contributed by atoms with E-state index in [0.29, 0.717) is 0 Å². The number of rotatable bonds is 3. The first-order valence-electron chi connectivity index (χ1n) is 6.46. The molecule has 0 aromatic heterocycles. The van der Waals surface area contributed by atoms with Crippen LogP contribution in [0, 0.1) is 6.92 Å². The van der Waals surface area contributed by atoms with E-state index in [2.05, 4.69) is 65.7 Å². The van der Waals surface area contributed by atoms with Crippen molar-refractivity contribution in [3.63, 3.8) is 0 Å². The molecule has 2 aromatic rings. The molecule has 0 spiro atoms. The average molecular weight is 238 g/mol. The van der Waals surface area contributed by atoms with Crippen molar-refractivity contribution in [2.24, 2.45) is 0 Å². The summed E-state index contributed by atoms with van der Waals surface area (Å²) >= 11 is 0. The van der Waals surface area contributed by atoms with Gasteiger partial charge in [0, 0.05) is 6.54 Å². The lowest BCUT2D eigenvalue weighted by molar-refractivity contribution is 0.840. The molecule has 0 atom stereocenters. The number of benzene rings is 2. The Morgan fingerprint density at radius 3 is 2.78 bits per heavy atom. The van der Waals surface area contributed by atoms with Crippen LogP contribution in [0.1, 0.15) is 11.1 Å². The van der Waals surface area contributed by atoms with Gasteiger partial charge in [-0.1, -0.05) is 36.4 Å². The number of hydrogen-bond donors (Lipinski definition) is 1. The van der Waals surface area contributed by atoms with Gasteiger partial charge in [0.15, 0.2) is 0 Å². The topological polar surface area (TPSA) is 15.3 Å². The Bertz CT molecular complexity index is 534. The molecular weight excluding hydrogens is 220 g/mol. The maximum absolute atomic E-state index is 3.45. The number of anilines is 2. The molecule has 0 saturated carbocycles. The van der Waals surface area contributed by atoms with Crippen molar-refractivity contribution in [2.75, 3.05) is 23.4 Å². The van der Waals surface area contributed by atoms with Crippen molar-refractivity contribution in [2.45, 2.75) is 13.3 Å². The van der Waals surface area contributed by atoms with Crippen molar-refractivity contribution >= 4 is 11.4 Å². The third-order valence-electron chi connectivity index (χ3n) is 3.47. The molecule has 0 bridgehead atoms. The van der Waals surface area contributed by atoms with E-state index in [1.54, 1.807) is 0 Å². The third kappa shape index (κ3) is 2.19. The Labute approximate surface area is 108 Å². The van der Waals surface area contributed by atoms with Gasteiger partial charge in [0.25, 0.3) is 0 Å². The van der Waals surface area contributed by atoms with Crippen molar-refractivity contribution in [1.29, 1.82) is 0 Å². The van der Waals surface area contributed by atoms with E-state index in [9.17, 15) is 0 Å². The van der Waals surface area contributed by atoms with Crippen molar-refractivity contribution in [3.05, 3.63) is 59.7 Å². The number of fused-ring (bicyclic) bond motifs is 1.